The molecule has 0 N–H and O–H groups in total. The molecule has 1 fully saturated rings. The molecule has 3 rings (SSSR count). The normalized spacial score (nSPS) is 21.1. The van der Waals surface area contributed by atoms with Crippen molar-refractivity contribution in [1.82, 2.24) is 19.9 Å². The van der Waals surface area contributed by atoms with Crippen molar-refractivity contribution >= 4 is 33.3 Å². The maximum atomic E-state index is 4.76. The Labute approximate surface area is 121 Å². The van der Waals surface area contributed by atoms with E-state index >= 15 is 0 Å². The third-order valence-corrected chi connectivity index (χ3v) is 11.1. The summed E-state index contributed by atoms with van der Waals surface area (Å²) >= 11 is 0. The maximum absolute atomic E-state index is 4.76. The molecule has 5 nitrogen and oxygen atoms in total. The van der Waals surface area contributed by atoms with E-state index in [1.807, 2.05) is 6.20 Å². The summed E-state index contributed by atoms with van der Waals surface area (Å²) in [5, 5.41) is 0. The van der Waals surface area contributed by atoms with Crippen LogP contribution in [0.5, 0.6) is 0 Å². The van der Waals surface area contributed by atoms with Crippen LogP contribution in [0.15, 0.2) is 18.7 Å². The van der Waals surface area contributed by atoms with Gasteiger partial charge in [-0.2, -0.15) is 0 Å². The zero-order chi connectivity index (χ0) is 14.4. The molecule has 3 heterocycles. The molecule has 0 spiro atoms. The minimum absolute atomic E-state index is 0.678. The quantitative estimate of drug-likeness (QED) is 0.758. The number of nitrogens with zero attached hydrogens (tertiary/aromatic N) is 5. The first-order chi connectivity index (χ1) is 9.37. The summed E-state index contributed by atoms with van der Waals surface area (Å²) in [4.78, 5) is 17.4. The fourth-order valence-corrected chi connectivity index (χ4v) is 13.1. The summed E-state index contributed by atoms with van der Waals surface area (Å²) in [7, 11) is -2.54. The standard InChI is InChI=1S/C13H21N5Si2/c1-19(2)5-6-20(3,4)18(10-19)12-8-15-13-11(17-12)7-14-9-16-13/h7-9H,5-6,10H2,1-4H3. The lowest BCUT2D eigenvalue weighted by molar-refractivity contribution is 1.01. The molecule has 2 aromatic rings. The van der Waals surface area contributed by atoms with Gasteiger partial charge in [0.15, 0.2) is 13.9 Å². The van der Waals surface area contributed by atoms with Crippen LogP contribution in [0.4, 0.5) is 5.82 Å². The number of aromatic nitrogens is 4. The second kappa shape index (κ2) is 4.59. The zero-order valence-electron chi connectivity index (χ0n) is 12.6. The molecule has 1 aliphatic heterocycles. The summed E-state index contributed by atoms with van der Waals surface area (Å²) in [5.74, 6) is 1.02. The first-order valence-electron chi connectivity index (χ1n) is 7.08. The predicted molar refractivity (Wildman–Crippen MR) is 87.1 cm³/mol. The summed E-state index contributed by atoms with van der Waals surface area (Å²) < 4.78 is 2.57. The number of hydrogen-bond acceptors (Lipinski definition) is 5. The molecular formula is C13H21N5Si2. The molecule has 2 aromatic heterocycles. The van der Waals surface area contributed by atoms with Crippen molar-refractivity contribution in [3.63, 3.8) is 0 Å². The van der Waals surface area contributed by atoms with Crippen LogP contribution in [-0.4, -0.2) is 42.4 Å². The smallest absolute Gasteiger partial charge is 0.181 e. The van der Waals surface area contributed by atoms with Crippen LogP contribution >= 0.6 is 0 Å². The molecule has 1 saturated heterocycles. The van der Waals surface area contributed by atoms with Crippen LogP contribution in [0, 0.1) is 0 Å². The molecule has 106 valence electrons. The SMILES string of the molecule is C[Si]1(C)CC[Si](C)(C)N(c2cnc3ncncc3n2)C1. The molecule has 0 aromatic carbocycles. The van der Waals surface area contributed by atoms with E-state index in [4.69, 9.17) is 4.98 Å². The second-order valence-electron chi connectivity index (χ2n) is 7.02. The molecule has 20 heavy (non-hydrogen) atoms. The van der Waals surface area contributed by atoms with E-state index in [0.29, 0.717) is 5.65 Å². The summed E-state index contributed by atoms with van der Waals surface area (Å²) in [6.45, 7) is 9.82. The van der Waals surface area contributed by atoms with Crippen LogP contribution in [0.3, 0.4) is 0 Å². The average molecular weight is 304 g/mol. The molecule has 7 heteroatoms. The molecule has 0 amide bonds. The van der Waals surface area contributed by atoms with Crippen LogP contribution < -0.4 is 4.57 Å². The van der Waals surface area contributed by atoms with Crippen LogP contribution in [0.1, 0.15) is 0 Å². The topological polar surface area (TPSA) is 54.8 Å². The van der Waals surface area contributed by atoms with E-state index in [2.05, 4.69) is 45.7 Å². The highest BCUT2D eigenvalue weighted by Crippen LogP contribution is 2.33. The van der Waals surface area contributed by atoms with Gasteiger partial charge in [0.1, 0.15) is 17.7 Å². The van der Waals surface area contributed by atoms with Gasteiger partial charge in [-0.25, -0.2) is 19.9 Å². The van der Waals surface area contributed by atoms with Crippen molar-refractivity contribution in [2.24, 2.45) is 0 Å². The third kappa shape index (κ3) is 2.47. The molecule has 0 radical (unpaired) electrons. The summed E-state index contributed by atoms with van der Waals surface area (Å²) in [6.07, 6.45) is 6.35. The molecule has 1 aliphatic rings. The van der Waals surface area contributed by atoms with Crippen molar-refractivity contribution in [1.29, 1.82) is 0 Å². The van der Waals surface area contributed by atoms with Crippen molar-refractivity contribution < 1.29 is 0 Å². The fourth-order valence-electron chi connectivity index (χ4n) is 2.79. The lowest BCUT2D eigenvalue weighted by Gasteiger charge is -2.47. The van der Waals surface area contributed by atoms with E-state index in [-0.39, 0.29) is 0 Å². The van der Waals surface area contributed by atoms with Crippen LogP contribution in [0.25, 0.3) is 11.2 Å². The predicted octanol–water partition coefficient (Wildman–Crippen LogP) is 2.69. The molecule has 0 bridgehead atoms. The van der Waals surface area contributed by atoms with Crippen molar-refractivity contribution in [3.8, 4) is 0 Å². The zero-order valence-corrected chi connectivity index (χ0v) is 14.6. The van der Waals surface area contributed by atoms with E-state index in [1.165, 1.54) is 24.6 Å². The Morgan fingerprint density at radius 3 is 2.65 bits per heavy atom. The minimum Gasteiger partial charge on any atom is -0.384 e. The van der Waals surface area contributed by atoms with Gasteiger partial charge in [-0.1, -0.05) is 32.2 Å². The van der Waals surface area contributed by atoms with Gasteiger partial charge in [0.2, 0.25) is 0 Å². The van der Waals surface area contributed by atoms with Crippen molar-refractivity contribution in [2.45, 2.75) is 38.3 Å². The summed E-state index contributed by atoms with van der Waals surface area (Å²) in [6, 6.07) is 2.80. The van der Waals surface area contributed by atoms with Gasteiger partial charge < -0.3 is 4.57 Å². The summed E-state index contributed by atoms with van der Waals surface area (Å²) in [5.41, 5.74) is 1.47. The fraction of sp³-hybridized carbons (Fsp3) is 0.538. The lowest BCUT2D eigenvalue weighted by atomic mass is 10.5. The van der Waals surface area contributed by atoms with Crippen LogP contribution in [-0.2, 0) is 0 Å². The molecule has 0 aliphatic carbocycles. The van der Waals surface area contributed by atoms with Gasteiger partial charge in [0, 0.05) is 6.17 Å². The Kier molecular flexibility index (Phi) is 3.13. The van der Waals surface area contributed by atoms with Crippen molar-refractivity contribution in [3.05, 3.63) is 18.7 Å². The van der Waals surface area contributed by atoms with Crippen molar-refractivity contribution in [2.75, 3.05) is 10.7 Å². The second-order valence-corrected chi connectivity index (χ2v) is 16.8. The monoisotopic (exact) mass is 303 g/mol. The molecule has 0 atom stereocenters. The molecular weight excluding hydrogens is 282 g/mol. The van der Waals surface area contributed by atoms with Gasteiger partial charge in [-0.15, -0.1) is 0 Å². The van der Waals surface area contributed by atoms with Crippen LogP contribution in [0.2, 0.25) is 38.3 Å². The van der Waals surface area contributed by atoms with Gasteiger partial charge >= 0.3 is 0 Å². The highest BCUT2D eigenvalue weighted by atomic mass is 28.3. The minimum atomic E-state index is -1.41. The Morgan fingerprint density at radius 1 is 1.05 bits per heavy atom. The van der Waals surface area contributed by atoms with Gasteiger partial charge in [0.25, 0.3) is 0 Å². The van der Waals surface area contributed by atoms with E-state index in [9.17, 15) is 0 Å². The Hall–Kier alpha value is -1.35. The lowest BCUT2D eigenvalue weighted by Crippen LogP contribution is -2.61. The number of hydrogen-bond donors (Lipinski definition) is 0. The highest BCUT2D eigenvalue weighted by Gasteiger charge is 2.41. The van der Waals surface area contributed by atoms with E-state index in [0.717, 1.165) is 11.3 Å². The largest absolute Gasteiger partial charge is 0.384 e. The highest BCUT2D eigenvalue weighted by molar-refractivity contribution is 6.89. The van der Waals surface area contributed by atoms with Gasteiger partial charge in [-0.05, 0) is 6.04 Å². The Morgan fingerprint density at radius 2 is 1.85 bits per heavy atom. The first-order valence-corrected chi connectivity index (χ1v) is 13.6. The molecule has 0 unspecified atom stereocenters. The first kappa shape index (κ1) is 13.6. The van der Waals surface area contributed by atoms with E-state index < -0.39 is 16.3 Å². The maximum Gasteiger partial charge on any atom is 0.181 e. The number of fused-ring (bicyclic) bond motifs is 1. The Balaban J connectivity index is 2.03. The number of rotatable bonds is 1. The third-order valence-electron chi connectivity index (χ3n) is 4.22. The van der Waals surface area contributed by atoms with E-state index in [1.54, 1.807) is 6.20 Å². The Bertz CT molecular complexity index is 643. The van der Waals surface area contributed by atoms with Gasteiger partial charge in [-0.3, -0.25) is 0 Å². The molecule has 0 saturated carbocycles. The number of anilines is 1. The average Bonchev–Trinajstić information content (AvgIpc) is 2.41. The van der Waals surface area contributed by atoms with Gasteiger partial charge in [0.05, 0.1) is 20.5 Å².